The molecule has 94 valence electrons. The molecule has 6 nitrogen and oxygen atoms in total. The van der Waals surface area contributed by atoms with Crippen LogP contribution in [0.5, 0.6) is 0 Å². The van der Waals surface area contributed by atoms with Crippen LogP contribution in [0.2, 0.25) is 0 Å². The van der Waals surface area contributed by atoms with Crippen molar-refractivity contribution >= 4 is 22.4 Å². The molecular weight excluding hydrogens is 240 g/mol. The second kappa shape index (κ2) is 5.07. The summed E-state index contributed by atoms with van der Waals surface area (Å²) in [5.74, 6) is -0.195. The van der Waals surface area contributed by atoms with Gasteiger partial charge in [-0.25, -0.2) is 0 Å². The van der Waals surface area contributed by atoms with Crippen LogP contribution in [0, 0.1) is 0 Å². The molecule has 1 fully saturated rings. The van der Waals surface area contributed by atoms with Gasteiger partial charge >= 0.3 is 0 Å². The summed E-state index contributed by atoms with van der Waals surface area (Å²) in [7, 11) is 0. The number of nitrogens with one attached hydrogen (secondary N) is 1. The lowest BCUT2D eigenvalue weighted by atomic mass is 9.90. The second-order valence-corrected chi connectivity index (χ2v) is 5.14. The molecule has 2 rings (SSSR count). The maximum absolute atomic E-state index is 12.0. The van der Waals surface area contributed by atoms with E-state index < -0.39 is 5.54 Å². The van der Waals surface area contributed by atoms with E-state index in [0.717, 1.165) is 11.4 Å². The van der Waals surface area contributed by atoms with Gasteiger partial charge in [0, 0.05) is 13.2 Å². The van der Waals surface area contributed by atoms with Crippen molar-refractivity contribution < 1.29 is 9.53 Å². The number of nitrogens with two attached hydrogens (primary N) is 1. The number of anilines is 1. The van der Waals surface area contributed by atoms with Crippen LogP contribution >= 0.6 is 11.3 Å². The highest BCUT2D eigenvalue weighted by atomic mass is 32.1. The first-order valence-corrected chi connectivity index (χ1v) is 6.46. The number of carbonyl (C=O) groups excluding carboxylic acids is 1. The lowest BCUT2D eigenvalue weighted by Gasteiger charge is -2.31. The Labute approximate surface area is 104 Å². The first-order valence-electron chi connectivity index (χ1n) is 5.64. The standard InChI is InChI=1S/C10H16N4O2S/c1-2-7-13-14-9(17-7)12-8(15)10(11)3-5-16-6-4-10/h2-6,11H2,1H3,(H,12,14,15). The molecule has 0 aromatic carbocycles. The number of aromatic nitrogens is 2. The largest absolute Gasteiger partial charge is 0.381 e. The fraction of sp³-hybridized carbons (Fsp3) is 0.700. The predicted molar refractivity (Wildman–Crippen MR) is 64.9 cm³/mol. The molecule has 1 aliphatic rings. The van der Waals surface area contributed by atoms with E-state index in [0.29, 0.717) is 31.2 Å². The lowest BCUT2D eigenvalue weighted by Crippen LogP contribution is -2.54. The molecule has 0 aliphatic carbocycles. The minimum absolute atomic E-state index is 0.195. The predicted octanol–water partition coefficient (Wildman–Crippen LogP) is 0.547. The van der Waals surface area contributed by atoms with Crippen molar-refractivity contribution in [3.63, 3.8) is 0 Å². The molecule has 3 N–H and O–H groups in total. The molecule has 0 bridgehead atoms. The van der Waals surface area contributed by atoms with Gasteiger partial charge in [0.05, 0.1) is 0 Å². The van der Waals surface area contributed by atoms with E-state index in [1.54, 1.807) is 0 Å². The normalized spacial score (nSPS) is 18.9. The summed E-state index contributed by atoms with van der Waals surface area (Å²) in [4.78, 5) is 12.0. The molecule has 1 aromatic heterocycles. The number of carbonyl (C=O) groups is 1. The fourth-order valence-electron chi connectivity index (χ4n) is 1.63. The number of ether oxygens (including phenoxy) is 1. The molecule has 0 saturated carbocycles. The van der Waals surface area contributed by atoms with E-state index in [4.69, 9.17) is 10.5 Å². The van der Waals surface area contributed by atoms with Crippen molar-refractivity contribution in [1.29, 1.82) is 0 Å². The summed E-state index contributed by atoms with van der Waals surface area (Å²) in [6.45, 7) is 3.05. The Bertz CT molecular complexity index is 401. The van der Waals surface area contributed by atoms with Gasteiger partial charge in [0.1, 0.15) is 10.5 Å². The van der Waals surface area contributed by atoms with Gasteiger partial charge in [0.15, 0.2) is 0 Å². The Hall–Kier alpha value is -1.05. The number of rotatable bonds is 3. The third-order valence-corrected chi connectivity index (χ3v) is 3.81. The molecule has 1 aromatic rings. The van der Waals surface area contributed by atoms with Gasteiger partial charge in [-0.1, -0.05) is 18.3 Å². The van der Waals surface area contributed by atoms with Gasteiger partial charge in [-0.2, -0.15) is 0 Å². The SMILES string of the molecule is CCc1nnc(NC(=O)C2(N)CCOCC2)s1. The van der Waals surface area contributed by atoms with Crippen LogP contribution in [-0.2, 0) is 16.0 Å². The first-order chi connectivity index (χ1) is 8.14. The Morgan fingerprint density at radius 2 is 2.24 bits per heavy atom. The van der Waals surface area contributed by atoms with E-state index in [-0.39, 0.29) is 5.91 Å². The fourth-order valence-corrected chi connectivity index (χ4v) is 2.31. The van der Waals surface area contributed by atoms with Crippen molar-refractivity contribution in [2.75, 3.05) is 18.5 Å². The summed E-state index contributed by atoms with van der Waals surface area (Å²) in [5, 5.41) is 12.0. The van der Waals surface area contributed by atoms with Crippen LogP contribution < -0.4 is 11.1 Å². The molecule has 0 unspecified atom stereocenters. The number of nitrogens with zero attached hydrogens (tertiary/aromatic N) is 2. The van der Waals surface area contributed by atoms with Crippen molar-refractivity contribution in [3.05, 3.63) is 5.01 Å². The lowest BCUT2D eigenvalue weighted by molar-refractivity contribution is -0.124. The molecule has 0 atom stereocenters. The van der Waals surface area contributed by atoms with Gasteiger partial charge in [0.25, 0.3) is 0 Å². The van der Waals surface area contributed by atoms with E-state index in [1.807, 2.05) is 6.92 Å². The summed E-state index contributed by atoms with van der Waals surface area (Å²) in [5.41, 5.74) is 5.22. The van der Waals surface area contributed by atoms with Crippen molar-refractivity contribution in [1.82, 2.24) is 10.2 Å². The third-order valence-electron chi connectivity index (χ3n) is 2.83. The minimum Gasteiger partial charge on any atom is -0.381 e. The highest BCUT2D eigenvalue weighted by Crippen LogP contribution is 2.21. The highest BCUT2D eigenvalue weighted by molar-refractivity contribution is 7.15. The zero-order valence-electron chi connectivity index (χ0n) is 9.73. The summed E-state index contributed by atoms with van der Waals surface area (Å²) < 4.78 is 5.20. The van der Waals surface area contributed by atoms with Crippen LogP contribution in [0.25, 0.3) is 0 Å². The van der Waals surface area contributed by atoms with Gasteiger partial charge < -0.3 is 10.5 Å². The summed E-state index contributed by atoms with van der Waals surface area (Å²) >= 11 is 1.38. The second-order valence-electron chi connectivity index (χ2n) is 4.08. The van der Waals surface area contributed by atoms with E-state index in [1.165, 1.54) is 11.3 Å². The molecule has 17 heavy (non-hydrogen) atoms. The Morgan fingerprint density at radius 3 is 2.82 bits per heavy atom. The van der Waals surface area contributed by atoms with E-state index >= 15 is 0 Å². The maximum Gasteiger partial charge on any atom is 0.246 e. The molecule has 1 saturated heterocycles. The Morgan fingerprint density at radius 1 is 1.53 bits per heavy atom. The van der Waals surface area contributed by atoms with Crippen LogP contribution in [-0.4, -0.2) is 34.9 Å². The maximum atomic E-state index is 12.0. The highest BCUT2D eigenvalue weighted by Gasteiger charge is 2.36. The third kappa shape index (κ3) is 2.80. The Balaban J connectivity index is 2.00. The zero-order valence-corrected chi connectivity index (χ0v) is 10.5. The average Bonchev–Trinajstić information content (AvgIpc) is 2.78. The smallest absolute Gasteiger partial charge is 0.246 e. The average molecular weight is 256 g/mol. The van der Waals surface area contributed by atoms with Gasteiger partial charge in [0.2, 0.25) is 11.0 Å². The van der Waals surface area contributed by atoms with Crippen LogP contribution in [0.1, 0.15) is 24.8 Å². The molecule has 1 aliphatic heterocycles. The zero-order chi connectivity index (χ0) is 12.3. The van der Waals surface area contributed by atoms with Gasteiger partial charge in [-0.3, -0.25) is 10.1 Å². The van der Waals surface area contributed by atoms with E-state index in [9.17, 15) is 4.79 Å². The molecule has 0 radical (unpaired) electrons. The summed E-state index contributed by atoms with van der Waals surface area (Å²) in [6, 6.07) is 0. The quantitative estimate of drug-likeness (QED) is 0.824. The molecule has 7 heteroatoms. The first kappa shape index (κ1) is 12.4. The number of amides is 1. The van der Waals surface area contributed by atoms with Crippen LogP contribution in [0.15, 0.2) is 0 Å². The van der Waals surface area contributed by atoms with Crippen molar-refractivity contribution in [2.45, 2.75) is 31.7 Å². The number of hydrogen-bond acceptors (Lipinski definition) is 6. The summed E-state index contributed by atoms with van der Waals surface area (Å²) in [6.07, 6.45) is 1.89. The van der Waals surface area contributed by atoms with Gasteiger partial charge in [-0.05, 0) is 19.3 Å². The molecule has 0 spiro atoms. The Kier molecular flexibility index (Phi) is 3.70. The van der Waals surface area contributed by atoms with Crippen molar-refractivity contribution in [3.8, 4) is 0 Å². The number of aryl methyl sites for hydroxylation is 1. The van der Waals surface area contributed by atoms with Gasteiger partial charge in [-0.15, -0.1) is 10.2 Å². The topological polar surface area (TPSA) is 90.1 Å². The van der Waals surface area contributed by atoms with E-state index in [2.05, 4.69) is 15.5 Å². The number of hydrogen-bond donors (Lipinski definition) is 2. The molecule has 1 amide bonds. The molecular formula is C10H16N4O2S. The van der Waals surface area contributed by atoms with Crippen molar-refractivity contribution in [2.24, 2.45) is 5.73 Å². The van der Waals surface area contributed by atoms with Crippen LogP contribution in [0.4, 0.5) is 5.13 Å². The molecule has 2 heterocycles. The monoisotopic (exact) mass is 256 g/mol. The minimum atomic E-state index is -0.837. The van der Waals surface area contributed by atoms with Crippen LogP contribution in [0.3, 0.4) is 0 Å².